The molecule has 0 saturated carbocycles. The summed E-state index contributed by atoms with van der Waals surface area (Å²) in [6.45, 7) is 1.86. The molecule has 0 spiro atoms. The van der Waals surface area contributed by atoms with Gasteiger partial charge in [0.05, 0.1) is 0 Å². The highest BCUT2D eigenvalue weighted by Crippen LogP contribution is 2.32. The quantitative estimate of drug-likeness (QED) is 0.884. The molecule has 2 aromatic carbocycles. The molecule has 0 radical (unpaired) electrons. The molecule has 1 unspecified atom stereocenters. The Morgan fingerprint density at radius 2 is 1.83 bits per heavy atom. The first kappa shape index (κ1) is 13.2. The monoisotopic (exact) mass is 312 g/mol. The zero-order chi connectivity index (χ0) is 13.3. The van der Waals surface area contributed by atoms with Crippen LogP contribution >= 0.6 is 15.9 Å². The van der Waals surface area contributed by atoms with E-state index in [1.807, 2.05) is 13.0 Å². The van der Waals surface area contributed by atoms with Gasteiger partial charge >= 0.3 is 0 Å². The van der Waals surface area contributed by atoms with Gasteiger partial charge in [-0.2, -0.15) is 0 Å². The van der Waals surface area contributed by atoms with Gasteiger partial charge in [0.25, 0.3) is 0 Å². The Morgan fingerprint density at radius 1 is 1.11 bits per heavy atom. The topological polar surface area (TPSA) is 20.2 Å². The summed E-state index contributed by atoms with van der Waals surface area (Å²) in [5.41, 5.74) is 1.36. The Kier molecular flexibility index (Phi) is 3.78. The lowest BCUT2D eigenvalue weighted by Gasteiger charge is -2.15. The molecule has 0 saturated heterocycles. The first-order chi connectivity index (χ1) is 8.50. The predicted octanol–water partition coefficient (Wildman–Crippen LogP) is 4.12. The Hall–Kier alpha value is -1.26. The Labute approximate surface area is 112 Å². The van der Waals surface area contributed by atoms with Gasteiger partial charge in [-0.3, -0.25) is 0 Å². The maximum atomic E-state index is 13.6. The standard InChI is InChI=1S/C14H11BrF2O/c1-8-3-2-4-10(13(8)15)14(18)11-7-9(16)5-6-12(11)17/h2-7,14,18H,1H3. The average molecular weight is 313 g/mol. The van der Waals surface area contributed by atoms with Crippen LogP contribution in [-0.2, 0) is 0 Å². The van der Waals surface area contributed by atoms with E-state index in [0.717, 1.165) is 23.8 Å². The van der Waals surface area contributed by atoms with Crippen LogP contribution in [0.4, 0.5) is 8.78 Å². The molecule has 0 aliphatic carbocycles. The number of rotatable bonds is 2. The fraction of sp³-hybridized carbons (Fsp3) is 0.143. The van der Waals surface area contributed by atoms with Crippen molar-refractivity contribution in [2.45, 2.75) is 13.0 Å². The first-order valence-corrected chi connectivity index (χ1v) is 6.18. The van der Waals surface area contributed by atoms with Crippen LogP contribution in [0, 0.1) is 18.6 Å². The third kappa shape index (κ3) is 2.44. The van der Waals surface area contributed by atoms with E-state index < -0.39 is 17.7 Å². The fourth-order valence-corrected chi connectivity index (χ4v) is 2.25. The van der Waals surface area contributed by atoms with E-state index in [0.29, 0.717) is 10.0 Å². The van der Waals surface area contributed by atoms with Gasteiger partial charge in [-0.1, -0.05) is 34.1 Å². The van der Waals surface area contributed by atoms with Crippen molar-refractivity contribution in [3.8, 4) is 0 Å². The van der Waals surface area contributed by atoms with Crippen LogP contribution in [0.2, 0.25) is 0 Å². The highest BCUT2D eigenvalue weighted by Gasteiger charge is 2.18. The van der Waals surface area contributed by atoms with Crippen LogP contribution < -0.4 is 0 Å². The highest BCUT2D eigenvalue weighted by molar-refractivity contribution is 9.10. The molecule has 2 aromatic rings. The van der Waals surface area contributed by atoms with Gasteiger partial charge in [0, 0.05) is 10.0 Å². The van der Waals surface area contributed by atoms with Crippen LogP contribution in [0.5, 0.6) is 0 Å². The van der Waals surface area contributed by atoms with Gasteiger partial charge in [-0.05, 0) is 36.2 Å². The van der Waals surface area contributed by atoms with Crippen LogP contribution in [0.15, 0.2) is 40.9 Å². The number of aliphatic hydroxyl groups is 1. The van der Waals surface area contributed by atoms with Crippen LogP contribution in [-0.4, -0.2) is 5.11 Å². The zero-order valence-corrected chi connectivity index (χ0v) is 11.2. The lowest BCUT2D eigenvalue weighted by molar-refractivity contribution is 0.213. The maximum absolute atomic E-state index is 13.6. The molecule has 0 amide bonds. The number of hydrogen-bond acceptors (Lipinski definition) is 1. The molecule has 1 N–H and O–H groups in total. The molecule has 0 fully saturated rings. The molecular formula is C14H11BrF2O. The van der Waals surface area contributed by atoms with E-state index in [2.05, 4.69) is 15.9 Å². The van der Waals surface area contributed by atoms with Crippen molar-refractivity contribution in [1.82, 2.24) is 0 Å². The lowest BCUT2D eigenvalue weighted by atomic mass is 9.99. The second-order valence-electron chi connectivity index (χ2n) is 4.05. The predicted molar refractivity (Wildman–Crippen MR) is 69.3 cm³/mol. The van der Waals surface area contributed by atoms with Crippen molar-refractivity contribution in [3.63, 3.8) is 0 Å². The van der Waals surface area contributed by atoms with Crippen molar-refractivity contribution in [2.24, 2.45) is 0 Å². The number of halogens is 3. The van der Waals surface area contributed by atoms with E-state index in [9.17, 15) is 13.9 Å². The van der Waals surface area contributed by atoms with Crippen LogP contribution in [0.25, 0.3) is 0 Å². The van der Waals surface area contributed by atoms with Gasteiger partial charge < -0.3 is 5.11 Å². The second kappa shape index (κ2) is 5.16. The number of aliphatic hydroxyl groups excluding tert-OH is 1. The third-order valence-electron chi connectivity index (χ3n) is 2.77. The summed E-state index contributed by atoms with van der Waals surface area (Å²) in [7, 11) is 0. The van der Waals surface area contributed by atoms with Gasteiger partial charge in [-0.15, -0.1) is 0 Å². The zero-order valence-electron chi connectivity index (χ0n) is 9.62. The van der Waals surface area contributed by atoms with Crippen molar-refractivity contribution in [1.29, 1.82) is 0 Å². The summed E-state index contributed by atoms with van der Waals surface area (Å²) < 4.78 is 27.4. The van der Waals surface area contributed by atoms with E-state index in [4.69, 9.17) is 0 Å². The van der Waals surface area contributed by atoms with Gasteiger partial charge in [0.2, 0.25) is 0 Å². The van der Waals surface area contributed by atoms with E-state index in [1.165, 1.54) is 0 Å². The van der Waals surface area contributed by atoms with Gasteiger partial charge in [0.15, 0.2) is 0 Å². The van der Waals surface area contributed by atoms with Crippen LogP contribution in [0.1, 0.15) is 22.8 Å². The molecule has 94 valence electrons. The summed E-state index contributed by atoms with van der Waals surface area (Å²) in [5, 5.41) is 10.2. The van der Waals surface area contributed by atoms with Crippen LogP contribution in [0.3, 0.4) is 0 Å². The summed E-state index contributed by atoms with van der Waals surface area (Å²) >= 11 is 3.34. The molecule has 0 bridgehead atoms. The molecule has 0 aliphatic rings. The van der Waals surface area contributed by atoms with Gasteiger partial charge in [-0.25, -0.2) is 8.78 Å². The Morgan fingerprint density at radius 3 is 2.56 bits per heavy atom. The molecule has 1 nitrogen and oxygen atoms in total. The van der Waals surface area contributed by atoms with Gasteiger partial charge in [0.1, 0.15) is 17.7 Å². The molecule has 4 heteroatoms. The molecule has 2 rings (SSSR count). The maximum Gasteiger partial charge on any atom is 0.129 e. The minimum Gasteiger partial charge on any atom is -0.384 e. The van der Waals surface area contributed by atoms with E-state index >= 15 is 0 Å². The van der Waals surface area contributed by atoms with Crippen molar-refractivity contribution < 1.29 is 13.9 Å². The first-order valence-electron chi connectivity index (χ1n) is 5.38. The Balaban J connectivity index is 2.51. The molecule has 18 heavy (non-hydrogen) atoms. The smallest absolute Gasteiger partial charge is 0.129 e. The molecule has 0 aliphatic heterocycles. The summed E-state index contributed by atoms with van der Waals surface area (Å²) in [5.74, 6) is -1.20. The SMILES string of the molecule is Cc1cccc(C(O)c2cc(F)ccc2F)c1Br. The molecule has 0 heterocycles. The van der Waals surface area contributed by atoms with Crippen molar-refractivity contribution >= 4 is 15.9 Å². The second-order valence-corrected chi connectivity index (χ2v) is 4.84. The molecular weight excluding hydrogens is 302 g/mol. The summed E-state index contributed by atoms with van der Waals surface area (Å²) in [6.07, 6.45) is -1.20. The minimum atomic E-state index is -1.20. The average Bonchev–Trinajstić information content (AvgIpc) is 2.35. The number of hydrogen-bond donors (Lipinski definition) is 1. The normalized spacial score (nSPS) is 12.5. The molecule has 1 atom stereocenters. The number of benzene rings is 2. The largest absolute Gasteiger partial charge is 0.384 e. The lowest BCUT2D eigenvalue weighted by Crippen LogP contribution is -2.04. The van der Waals surface area contributed by atoms with E-state index in [-0.39, 0.29) is 5.56 Å². The highest BCUT2D eigenvalue weighted by atomic mass is 79.9. The summed E-state index contributed by atoms with van der Waals surface area (Å²) in [6, 6.07) is 8.34. The Bertz CT molecular complexity index is 582. The third-order valence-corrected chi connectivity index (χ3v) is 3.85. The van der Waals surface area contributed by atoms with Crippen molar-refractivity contribution in [3.05, 3.63) is 69.2 Å². The van der Waals surface area contributed by atoms with E-state index in [1.54, 1.807) is 12.1 Å². The summed E-state index contributed by atoms with van der Waals surface area (Å²) in [4.78, 5) is 0. The van der Waals surface area contributed by atoms with Crippen molar-refractivity contribution in [2.75, 3.05) is 0 Å². The fourth-order valence-electron chi connectivity index (χ4n) is 1.77. The minimum absolute atomic E-state index is 0.0682. The molecule has 0 aromatic heterocycles. The number of aryl methyl sites for hydroxylation is 1.